The molecule has 0 N–H and O–H groups in total. The van der Waals surface area contributed by atoms with Crippen LogP contribution in [0.2, 0.25) is 0 Å². The second-order valence-electron chi connectivity index (χ2n) is 9.41. The van der Waals surface area contributed by atoms with Gasteiger partial charge in [0.05, 0.1) is 13.2 Å². The van der Waals surface area contributed by atoms with E-state index in [1.165, 1.54) is 102 Å². The highest BCUT2D eigenvalue weighted by atomic mass is 32.2. The Hall–Kier alpha value is -0.710. The monoisotopic (exact) mass is 486 g/mol. The molecule has 0 bridgehead atoms. The van der Waals surface area contributed by atoms with Crippen molar-refractivity contribution < 1.29 is 19.1 Å². The van der Waals surface area contributed by atoms with Crippen molar-refractivity contribution in [2.45, 2.75) is 154 Å². The Morgan fingerprint density at radius 3 is 1.09 bits per heavy atom. The summed E-state index contributed by atoms with van der Waals surface area (Å²) >= 11 is 1.33. The molecule has 2 atom stereocenters. The molecular weight excluding hydrogens is 432 g/mol. The van der Waals surface area contributed by atoms with Gasteiger partial charge < -0.3 is 9.47 Å². The maximum atomic E-state index is 12.2. The fraction of sp³-hybridized carbons (Fsp3) is 0.929. The van der Waals surface area contributed by atoms with Crippen LogP contribution in [0.5, 0.6) is 0 Å². The summed E-state index contributed by atoms with van der Waals surface area (Å²) in [6.07, 6.45) is 22.4. The Balaban J connectivity index is 3.63. The third-order valence-electron chi connectivity index (χ3n) is 6.06. The van der Waals surface area contributed by atoms with Crippen molar-refractivity contribution in [1.82, 2.24) is 0 Å². The van der Waals surface area contributed by atoms with Gasteiger partial charge in [0.1, 0.15) is 10.5 Å². The van der Waals surface area contributed by atoms with Gasteiger partial charge in [-0.2, -0.15) is 0 Å². The first-order valence-corrected chi connectivity index (χ1v) is 15.0. The maximum absolute atomic E-state index is 12.2. The molecular formula is C28H54O4S. The molecule has 0 aliphatic rings. The van der Waals surface area contributed by atoms with Gasteiger partial charge in [-0.05, 0) is 26.7 Å². The number of carbonyl (C=O) groups is 2. The molecule has 0 fully saturated rings. The molecule has 2 unspecified atom stereocenters. The van der Waals surface area contributed by atoms with Crippen LogP contribution in [0.4, 0.5) is 0 Å². The van der Waals surface area contributed by atoms with Crippen molar-refractivity contribution in [3.05, 3.63) is 0 Å². The molecule has 196 valence electrons. The zero-order valence-electron chi connectivity index (χ0n) is 22.3. The number of ether oxygens (including phenoxy) is 2. The minimum atomic E-state index is -0.348. The fourth-order valence-electron chi connectivity index (χ4n) is 3.82. The predicted molar refractivity (Wildman–Crippen MR) is 143 cm³/mol. The summed E-state index contributed by atoms with van der Waals surface area (Å²) in [7, 11) is 0. The fourth-order valence-corrected chi connectivity index (χ4v) is 4.79. The Labute approximate surface area is 209 Å². The van der Waals surface area contributed by atoms with Gasteiger partial charge in [-0.15, -0.1) is 11.8 Å². The van der Waals surface area contributed by atoms with E-state index in [4.69, 9.17) is 9.47 Å². The summed E-state index contributed by atoms with van der Waals surface area (Å²) in [5.41, 5.74) is 0. The summed E-state index contributed by atoms with van der Waals surface area (Å²) in [5, 5.41) is -0.697. The van der Waals surface area contributed by atoms with E-state index in [-0.39, 0.29) is 22.4 Å². The SMILES string of the molecule is CCCCCCCCCCCOC(=O)C(C)SC(C)C(=O)OCCCCCCCCCCC. The van der Waals surface area contributed by atoms with E-state index in [1.54, 1.807) is 0 Å². The Morgan fingerprint density at radius 2 is 0.788 bits per heavy atom. The van der Waals surface area contributed by atoms with Crippen molar-refractivity contribution in [1.29, 1.82) is 0 Å². The van der Waals surface area contributed by atoms with E-state index in [9.17, 15) is 9.59 Å². The molecule has 0 aliphatic carbocycles. The standard InChI is InChI=1S/C28H54O4S/c1-5-7-9-11-13-15-17-19-21-23-31-27(29)25(3)33-26(4)28(30)32-24-22-20-18-16-14-12-10-8-6-2/h25-26H,5-24H2,1-4H3. The lowest BCUT2D eigenvalue weighted by molar-refractivity contribution is -0.142. The van der Waals surface area contributed by atoms with Gasteiger partial charge in [-0.3, -0.25) is 9.59 Å². The highest BCUT2D eigenvalue weighted by Crippen LogP contribution is 2.20. The molecule has 5 heteroatoms. The van der Waals surface area contributed by atoms with Crippen LogP contribution in [-0.4, -0.2) is 35.7 Å². The molecule has 0 radical (unpaired) electrons. The highest BCUT2D eigenvalue weighted by Gasteiger charge is 2.23. The van der Waals surface area contributed by atoms with E-state index in [0.717, 1.165) is 25.7 Å². The summed E-state index contributed by atoms with van der Waals surface area (Å²) < 4.78 is 10.8. The number of hydrogen-bond donors (Lipinski definition) is 0. The number of hydrogen-bond acceptors (Lipinski definition) is 5. The van der Waals surface area contributed by atoms with Gasteiger partial charge >= 0.3 is 11.9 Å². The molecule has 0 heterocycles. The minimum Gasteiger partial charge on any atom is -0.465 e. The lowest BCUT2D eigenvalue weighted by atomic mass is 10.1. The number of carbonyl (C=O) groups excluding carboxylic acids is 2. The topological polar surface area (TPSA) is 52.6 Å². The maximum Gasteiger partial charge on any atom is 0.318 e. The molecule has 0 aliphatic heterocycles. The second kappa shape index (κ2) is 24.4. The molecule has 33 heavy (non-hydrogen) atoms. The first kappa shape index (κ1) is 32.3. The van der Waals surface area contributed by atoms with E-state index in [1.807, 2.05) is 13.8 Å². The largest absolute Gasteiger partial charge is 0.465 e. The van der Waals surface area contributed by atoms with E-state index in [2.05, 4.69) is 13.8 Å². The van der Waals surface area contributed by atoms with Crippen molar-refractivity contribution >= 4 is 23.7 Å². The first-order valence-electron chi connectivity index (χ1n) is 14.0. The van der Waals surface area contributed by atoms with Gasteiger partial charge in [0, 0.05) is 0 Å². The summed E-state index contributed by atoms with van der Waals surface area (Å²) in [6.45, 7) is 9.08. The van der Waals surface area contributed by atoms with Crippen molar-refractivity contribution in [3.8, 4) is 0 Å². The van der Waals surface area contributed by atoms with Crippen LogP contribution in [0.1, 0.15) is 143 Å². The lowest BCUT2D eigenvalue weighted by Crippen LogP contribution is -2.25. The van der Waals surface area contributed by atoms with Crippen molar-refractivity contribution in [3.63, 3.8) is 0 Å². The summed E-state index contributed by atoms with van der Waals surface area (Å²) in [5.74, 6) is -0.448. The Morgan fingerprint density at radius 1 is 0.515 bits per heavy atom. The molecule has 0 saturated carbocycles. The normalized spacial score (nSPS) is 13.0. The van der Waals surface area contributed by atoms with Crippen molar-refractivity contribution in [2.75, 3.05) is 13.2 Å². The predicted octanol–water partition coefficient (Wildman–Crippen LogP) is 8.64. The van der Waals surface area contributed by atoms with Crippen LogP contribution in [0, 0.1) is 0 Å². The van der Waals surface area contributed by atoms with E-state index < -0.39 is 0 Å². The quantitative estimate of drug-likeness (QED) is 0.101. The first-order chi connectivity index (χ1) is 16.0. The van der Waals surface area contributed by atoms with Crippen LogP contribution >= 0.6 is 11.8 Å². The molecule has 0 amide bonds. The molecule has 0 saturated heterocycles. The van der Waals surface area contributed by atoms with Crippen LogP contribution in [-0.2, 0) is 19.1 Å². The minimum absolute atomic E-state index is 0.224. The number of rotatable bonds is 24. The number of esters is 2. The average molecular weight is 487 g/mol. The third-order valence-corrected chi connectivity index (χ3v) is 7.26. The second-order valence-corrected chi connectivity index (χ2v) is 11.1. The van der Waals surface area contributed by atoms with Gasteiger partial charge in [-0.25, -0.2) is 0 Å². The smallest absolute Gasteiger partial charge is 0.318 e. The molecule has 0 rings (SSSR count). The van der Waals surface area contributed by atoms with E-state index in [0.29, 0.717) is 13.2 Å². The van der Waals surface area contributed by atoms with Crippen LogP contribution < -0.4 is 0 Å². The zero-order chi connectivity index (χ0) is 24.6. The zero-order valence-corrected chi connectivity index (χ0v) is 23.2. The average Bonchev–Trinajstić information content (AvgIpc) is 2.81. The number of thioether (sulfide) groups is 1. The third kappa shape index (κ3) is 21.6. The van der Waals surface area contributed by atoms with E-state index >= 15 is 0 Å². The van der Waals surface area contributed by atoms with Crippen molar-refractivity contribution in [2.24, 2.45) is 0 Å². The summed E-state index contributed by atoms with van der Waals surface area (Å²) in [4.78, 5) is 24.4. The van der Waals surface area contributed by atoms with Gasteiger partial charge in [0.25, 0.3) is 0 Å². The van der Waals surface area contributed by atoms with Crippen LogP contribution in [0.3, 0.4) is 0 Å². The molecule has 0 spiro atoms. The number of unbranched alkanes of at least 4 members (excludes halogenated alkanes) is 16. The Kier molecular flexibility index (Phi) is 23.9. The van der Waals surface area contributed by atoms with Gasteiger partial charge in [0.15, 0.2) is 0 Å². The molecule has 4 nitrogen and oxygen atoms in total. The highest BCUT2D eigenvalue weighted by molar-refractivity contribution is 8.01. The summed E-state index contributed by atoms with van der Waals surface area (Å²) in [6, 6.07) is 0. The lowest BCUT2D eigenvalue weighted by Gasteiger charge is -2.16. The molecule has 0 aromatic heterocycles. The molecule has 0 aromatic rings. The Bertz CT molecular complexity index is 415. The van der Waals surface area contributed by atoms with Crippen LogP contribution in [0.15, 0.2) is 0 Å². The molecule has 0 aromatic carbocycles. The van der Waals surface area contributed by atoms with Gasteiger partial charge in [0.2, 0.25) is 0 Å². The van der Waals surface area contributed by atoms with Gasteiger partial charge in [-0.1, -0.05) is 117 Å². The van der Waals surface area contributed by atoms with Crippen LogP contribution in [0.25, 0.3) is 0 Å².